The maximum Gasteiger partial charge on any atom is 0.413 e. The molecule has 2 amide bonds. The van der Waals surface area contributed by atoms with Crippen molar-refractivity contribution in [3.05, 3.63) is 92.7 Å². The number of H-pyrrole nitrogens is 2. The molecule has 24 heteroatoms. The van der Waals surface area contributed by atoms with E-state index < -0.39 is 24.1 Å². The third-order valence-corrected chi connectivity index (χ3v) is 7.17. The number of nitrogens with one attached hydrogen (secondary N) is 4. The van der Waals surface area contributed by atoms with E-state index in [0.29, 0.717) is 28.9 Å². The fourth-order valence-electron chi connectivity index (χ4n) is 4.34. The van der Waals surface area contributed by atoms with Crippen LogP contribution in [0.2, 0.25) is 0 Å². The molecule has 0 unspecified atom stereocenters. The Kier molecular flexibility index (Phi) is 18.6. The Morgan fingerprint density at radius 2 is 1.07 bits per heavy atom. The molecule has 0 aliphatic carbocycles. The predicted octanol–water partition coefficient (Wildman–Crippen LogP) is 4.43. The molecule has 0 fully saturated rings. The number of anilines is 3. The minimum atomic E-state index is -0.876. The second kappa shape index (κ2) is 23.2. The number of methoxy groups -OCH3 is 2. The number of hydrogen-bond acceptors (Lipinski definition) is 20. The summed E-state index contributed by atoms with van der Waals surface area (Å²) in [6.07, 6.45) is 3.93. The number of aliphatic imine (C=N–C) groups is 1. The van der Waals surface area contributed by atoms with Crippen molar-refractivity contribution in [1.82, 2.24) is 30.6 Å². The first-order valence-electron chi connectivity index (χ1n) is 17.5. The summed E-state index contributed by atoms with van der Waals surface area (Å²) in [5.74, 6) is -1.40. The monoisotopic (exact) mass is 854 g/mol. The van der Waals surface area contributed by atoms with E-state index in [9.17, 15) is 28.8 Å². The van der Waals surface area contributed by atoms with Gasteiger partial charge < -0.3 is 53.8 Å². The van der Waals surface area contributed by atoms with E-state index in [1.54, 1.807) is 41.5 Å². The molecule has 6 aromatic heterocycles. The zero-order valence-corrected chi connectivity index (χ0v) is 34.4. The van der Waals surface area contributed by atoms with Crippen molar-refractivity contribution in [1.29, 1.82) is 0 Å². The van der Waals surface area contributed by atoms with E-state index in [4.69, 9.17) is 44.3 Å². The third kappa shape index (κ3) is 13.4. The average molecular weight is 855 g/mol. The molecule has 328 valence electrons. The zero-order chi connectivity index (χ0) is 46.0. The molecule has 10 N–H and O–H groups in total. The number of alkyl carbamates (subject to hydrolysis) is 2. The number of carbonyl (C=O) groups is 4. The highest BCUT2D eigenvalue weighted by molar-refractivity contribution is 6.03. The van der Waals surface area contributed by atoms with Crippen LogP contribution in [0.5, 0.6) is 0 Å². The molecular weight excluding hydrogens is 808 g/mol. The van der Waals surface area contributed by atoms with Gasteiger partial charge in [0.15, 0.2) is 0 Å². The fourth-order valence-corrected chi connectivity index (χ4v) is 4.34. The Morgan fingerprint density at radius 3 is 1.46 bits per heavy atom. The molecule has 61 heavy (non-hydrogen) atoms. The van der Waals surface area contributed by atoms with Gasteiger partial charge >= 0.3 is 24.1 Å². The van der Waals surface area contributed by atoms with Crippen molar-refractivity contribution < 1.29 is 55.8 Å². The second-order valence-corrected chi connectivity index (χ2v) is 11.5. The molecule has 0 aliphatic heterocycles. The number of amides is 2. The van der Waals surface area contributed by atoms with Gasteiger partial charge in [-0.1, -0.05) is 0 Å². The summed E-state index contributed by atoms with van der Waals surface area (Å²) in [5, 5.41) is 4.36. The maximum absolute atomic E-state index is 11.8. The molecule has 6 aromatic rings. The molecule has 0 spiro atoms. The summed E-state index contributed by atoms with van der Waals surface area (Å²) >= 11 is 0. The van der Waals surface area contributed by atoms with Gasteiger partial charge in [0.2, 0.25) is 40.5 Å². The minimum Gasteiger partial charge on any atom is -0.460 e. The van der Waals surface area contributed by atoms with Gasteiger partial charge in [0, 0.05) is 22.3 Å². The standard InChI is InChI=1S/C13H17N3O7.C8H11NO3.2C7H7N3O2.C2H4/c1-5-22-10(17)9-8(7(2)6-23-9)14-11(15-12(18)20-3)16-13(19)21-4;1-3-11-8(10)7-6(9)5(2)4-12-7;2*1-3-2-12-5-4(3)9-7(8)10-6(5)11;1-2/h6H,5H2,1-4H3,(H2,14,15,16,18,19);4H,3,9H2,1-2H3;2*2H,1H3,(H3,8,9,10,11);1-2H2. The van der Waals surface area contributed by atoms with Crippen LogP contribution in [0, 0.1) is 27.7 Å². The number of nitrogens with two attached hydrogens (primary N) is 3. The Balaban J connectivity index is 0.000000289. The van der Waals surface area contributed by atoms with Crippen molar-refractivity contribution in [2.24, 2.45) is 4.99 Å². The first kappa shape index (κ1) is 48.8. The van der Waals surface area contributed by atoms with Crippen LogP contribution in [0.15, 0.2) is 70.5 Å². The molecule has 24 nitrogen and oxygen atoms in total. The number of nitrogen functional groups attached to an aromatic ring is 3. The molecular formula is C37H46N10O14. The highest BCUT2D eigenvalue weighted by atomic mass is 16.6. The lowest BCUT2D eigenvalue weighted by Crippen LogP contribution is -2.43. The van der Waals surface area contributed by atoms with Gasteiger partial charge in [-0.3, -0.25) is 30.2 Å². The Labute approximate surface area is 345 Å². The molecule has 0 bridgehead atoms. The number of carbonyl (C=O) groups excluding carboxylic acids is 4. The highest BCUT2D eigenvalue weighted by Crippen LogP contribution is 2.27. The van der Waals surface area contributed by atoms with E-state index in [-0.39, 0.29) is 64.0 Å². The van der Waals surface area contributed by atoms with Crippen LogP contribution in [-0.4, -0.2) is 77.5 Å². The summed E-state index contributed by atoms with van der Waals surface area (Å²) in [4.78, 5) is 84.3. The summed E-state index contributed by atoms with van der Waals surface area (Å²) < 4.78 is 38.4. The van der Waals surface area contributed by atoms with Crippen molar-refractivity contribution in [3.63, 3.8) is 0 Å². The first-order chi connectivity index (χ1) is 28.9. The van der Waals surface area contributed by atoms with Crippen molar-refractivity contribution in [2.45, 2.75) is 41.5 Å². The molecule has 0 aliphatic rings. The van der Waals surface area contributed by atoms with E-state index >= 15 is 0 Å². The Hall–Kier alpha value is -8.31. The van der Waals surface area contributed by atoms with Crippen LogP contribution < -0.4 is 39.0 Å². The topological polar surface area (TPSA) is 364 Å². The number of ether oxygens (including phenoxy) is 4. The smallest absolute Gasteiger partial charge is 0.413 e. The van der Waals surface area contributed by atoms with Crippen LogP contribution in [-0.2, 0) is 18.9 Å². The Bertz CT molecular complexity index is 2480. The van der Waals surface area contributed by atoms with Crippen LogP contribution in [0.1, 0.15) is 57.2 Å². The van der Waals surface area contributed by atoms with Crippen molar-refractivity contribution in [3.8, 4) is 0 Å². The zero-order valence-electron chi connectivity index (χ0n) is 34.4. The fraction of sp³-hybridized carbons (Fsp3) is 0.270. The van der Waals surface area contributed by atoms with Gasteiger partial charge in [-0.05, 0) is 41.5 Å². The number of furan rings is 4. The van der Waals surface area contributed by atoms with Crippen LogP contribution in [0.4, 0.5) is 32.9 Å². The molecule has 0 aromatic carbocycles. The lowest BCUT2D eigenvalue weighted by atomic mass is 10.3. The predicted molar refractivity (Wildman–Crippen MR) is 220 cm³/mol. The molecule has 0 saturated heterocycles. The summed E-state index contributed by atoms with van der Waals surface area (Å²) in [6.45, 7) is 16.8. The SMILES string of the molecule is C=C.CCOC(=O)c1occ(C)c1N.CCOC(=O)c1occ(C)c1N=C(NC(=O)OC)NC(=O)OC.Cc1coc2c(=O)[nH]c(N)nc12.Cc1coc2c(=O)[nH]c(N)nc12. The summed E-state index contributed by atoms with van der Waals surface area (Å²) in [7, 11) is 2.27. The van der Waals surface area contributed by atoms with Gasteiger partial charge in [0.25, 0.3) is 11.1 Å². The molecule has 0 atom stereocenters. The van der Waals surface area contributed by atoms with Gasteiger partial charge in [-0.2, -0.15) is 0 Å². The van der Waals surface area contributed by atoms with Gasteiger partial charge in [-0.15, -0.1) is 13.2 Å². The van der Waals surface area contributed by atoms with Crippen LogP contribution in [0.3, 0.4) is 0 Å². The second-order valence-electron chi connectivity index (χ2n) is 11.5. The normalized spacial score (nSPS) is 9.84. The molecule has 6 heterocycles. The van der Waals surface area contributed by atoms with Crippen LogP contribution >= 0.6 is 0 Å². The largest absolute Gasteiger partial charge is 0.460 e. The molecule has 0 saturated carbocycles. The Morgan fingerprint density at radius 1 is 0.672 bits per heavy atom. The number of aromatic nitrogens is 4. The number of guanidine groups is 1. The summed E-state index contributed by atoms with van der Waals surface area (Å²) in [6, 6.07) is 0. The van der Waals surface area contributed by atoms with E-state index in [2.05, 4.69) is 58.2 Å². The van der Waals surface area contributed by atoms with Crippen molar-refractivity contribution >= 4 is 75.6 Å². The number of hydrogen-bond donors (Lipinski definition) is 7. The number of esters is 2. The number of rotatable bonds is 5. The minimum absolute atomic E-state index is 0.0891. The average Bonchev–Trinajstić information content (AvgIpc) is 3.99. The van der Waals surface area contributed by atoms with Crippen molar-refractivity contribution in [2.75, 3.05) is 44.6 Å². The molecule has 0 radical (unpaired) electrons. The lowest BCUT2D eigenvalue weighted by Gasteiger charge is -2.09. The summed E-state index contributed by atoms with van der Waals surface area (Å²) in [5.41, 5.74) is 20.3. The number of aromatic amines is 2. The van der Waals surface area contributed by atoms with Gasteiger partial charge in [-0.25, -0.2) is 34.1 Å². The highest BCUT2D eigenvalue weighted by Gasteiger charge is 2.22. The molecule has 6 rings (SSSR count). The van der Waals surface area contributed by atoms with Gasteiger partial charge in [0.05, 0.1) is 58.2 Å². The first-order valence-corrected chi connectivity index (χ1v) is 17.5. The van der Waals surface area contributed by atoms with Gasteiger partial charge in [0.1, 0.15) is 16.7 Å². The van der Waals surface area contributed by atoms with E-state index in [1.165, 1.54) is 25.1 Å². The van der Waals surface area contributed by atoms with E-state index in [0.717, 1.165) is 30.9 Å². The van der Waals surface area contributed by atoms with E-state index in [1.807, 2.05) is 0 Å². The lowest BCUT2D eigenvalue weighted by molar-refractivity contribution is 0.0482. The van der Waals surface area contributed by atoms with Crippen LogP contribution in [0.25, 0.3) is 22.2 Å². The quantitative estimate of drug-likeness (QED) is 0.0414. The third-order valence-electron chi connectivity index (χ3n) is 7.17. The number of nitrogens with zero attached hydrogens (tertiary/aromatic N) is 3. The number of fused-ring (bicyclic) bond motifs is 2. The number of aryl methyl sites for hydroxylation is 4. The maximum atomic E-state index is 11.8.